The first-order valence-corrected chi connectivity index (χ1v) is 8.17. The molecule has 1 saturated carbocycles. The van der Waals surface area contributed by atoms with Crippen LogP contribution in [-0.4, -0.2) is 25.7 Å². The van der Waals surface area contributed by atoms with Crippen molar-refractivity contribution >= 4 is 19.4 Å². The van der Waals surface area contributed by atoms with E-state index >= 15 is 0 Å². The van der Waals surface area contributed by atoms with Gasteiger partial charge in [-0.15, -0.1) is 0 Å². The van der Waals surface area contributed by atoms with E-state index in [-0.39, 0.29) is 5.60 Å². The van der Waals surface area contributed by atoms with Crippen molar-refractivity contribution in [2.24, 2.45) is 0 Å². The van der Waals surface area contributed by atoms with Crippen LogP contribution in [0.1, 0.15) is 37.7 Å². The minimum atomic E-state index is -0.344. The molecule has 0 atom stereocenters. The fraction of sp³-hybridized carbons (Fsp3) is 0.571. The summed E-state index contributed by atoms with van der Waals surface area (Å²) in [6, 6.07) is 8.76. The Morgan fingerprint density at radius 2 is 1.75 bits per heavy atom. The quantitative estimate of drug-likeness (QED) is 0.845. The number of benzene rings is 1. The van der Waals surface area contributed by atoms with Crippen molar-refractivity contribution in [2.75, 3.05) is 0 Å². The fourth-order valence-corrected chi connectivity index (χ4v) is 4.41. The number of hydrogen-bond donors (Lipinski definition) is 1. The molecule has 0 aliphatic heterocycles. The van der Waals surface area contributed by atoms with Crippen LogP contribution in [0, 0.1) is 6.92 Å². The van der Waals surface area contributed by atoms with Crippen molar-refractivity contribution in [1.29, 1.82) is 0 Å². The van der Waals surface area contributed by atoms with Crippen LogP contribution >= 0.6 is 0 Å². The molecular formula is C14H20OSe. The van der Waals surface area contributed by atoms with E-state index in [1.807, 2.05) is 0 Å². The summed E-state index contributed by atoms with van der Waals surface area (Å²) in [6.07, 6.45) is 5.75. The van der Waals surface area contributed by atoms with E-state index in [4.69, 9.17) is 0 Å². The minimum absolute atomic E-state index is 0.344. The molecule has 2 heteroatoms. The molecule has 1 aromatic rings. The fourth-order valence-electron chi connectivity index (χ4n) is 2.21. The van der Waals surface area contributed by atoms with Gasteiger partial charge in [0.1, 0.15) is 0 Å². The number of aliphatic hydroxyl groups is 1. The third-order valence-electron chi connectivity index (χ3n) is 3.31. The van der Waals surface area contributed by atoms with Gasteiger partial charge in [0.15, 0.2) is 0 Å². The predicted molar refractivity (Wildman–Crippen MR) is 69.4 cm³/mol. The standard InChI is InChI=1S/C14H20OSe/c1-12-5-7-13(8-6-12)16-11-14(15)9-3-2-4-10-14/h5-8,15H,2-4,9-11H2,1H3. The SMILES string of the molecule is Cc1ccc([Se]CC2(O)CCCCC2)cc1. The molecule has 88 valence electrons. The van der Waals surface area contributed by atoms with Crippen LogP contribution in [0.2, 0.25) is 5.32 Å². The van der Waals surface area contributed by atoms with Gasteiger partial charge >= 0.3 is 104 Å². The van der Waals surface area contributed by atoms with Crippen molar-refractivity contribution in [3.8, 4) is 0 Å². The Hall–Kier alpha value is -0.301. The van der Waals surface area contributed by atoms with Crippen molar-refractivity contribution in [2.45, 2.75) is 49.9 Å². The van der Waals surface area contributed by atoms with Crippen molar-refractivity contribution < 1.29 is 5.11 Å². The number of rotatable bonds is 3. The molecule has 1 nitrogen and oxygen atoms in total. The molecule has 1 fully saturated rings. The average Bonchev–Trinajstić information content (AvgIpc) is 2.29. The molecule has 0 unspecified atom stereocenters. The maximum absolute atomic E-state index is 10.4. The summed E-state index contributed by atoms with van der Waals surface area (Å²) in [5, 5.41) is 11.4. The van der Waals surface area contributed by atoms with Crippen molar-refractivity contribution in [3.63, 3.8) is 0 Å². The summed E-state index contributed by atoms with van der Waals surface area (Å²) in [6.45, 7) is 2.12. The topological polar surface area (TPSA) is 20.2 Å². The van der Waals surface area contributed by atoms with Crippen molar-refractivity contribution in [1.82, 2.24) is 0 Å². The molecule has 0 aromatic heterocycles. The van der Waals surface area contributed by atoms with Crippen LogP contribution in [0.3, 0.4) is 0 Å². The Balaban J connectivity index is 1.88. The Morgan fingerprint density at radius 1 is 1.12 bits per heavy atom. The van der Waals surface area contributed by atoms with E-state index < -0.39 is 0 Å². The van der Waals surface area contributed by atoms with Gasteiger partial charge in [0.2, 0.25) is 0 Å². The molecule has 0 radical (unpaired) electrons. The Bertz CT molecular complexity index is 325. The van der Waals surface area contributed by atoms with Crippen LogP contribution in [0.4, 0.5) is 0 Å². The predicted octanol–water partition coefficient (Wildman–Crippen LogP) is 2.44. The molecular weight excluding hydrogens is 263 g/mol. The molecule has 0 amide bonds. The van der Waals surface area contributed by atoms with Crippen molar-refractivity contribution in [3.05, 3.63) is 29.8 Å². The molecule has 0 spiro atoms. The summed E-state index contributed by atoms with van der Waals surface area (Å²) in [4.78, 5) is 0. The van der Waals surface area contributed by atoms with Gasteiger partial charge in [-0.2, -0.15) is 0 Å². The molecule has 1 aliphatic carbocycles. The molecule has 0 heterocycles. The van der Waals surface area contributed by atoms with E-state index in [2.05, 4.69) is 31.2 Å². The van der Waals surface area contributed by atoms with E-state index in [9.17, 15) is 5.11 Å². The summed E-state index contributed by atoms with van der Waals surface area (Å²) < 4.78 is 1.41. The van der Waals surface area contributed by atoms with Gasteiger partial charge in [0.05, 0.1) is 0 Å². The third kappa shape index (κ3) is 3.35. The van der Waals surface area contributed by atoms with E-state index in [1.165, 1.54) is 29.3 Å². The first-order chi connectivity index (χ1) is 7.68. The Morgan fingerprint density at radius 3 is 2.38 bits per heavy atom. The second kappa shape index (κ2) is 5.35. The Kier molecular flexibility index (Phi) is 4.07. The first kappa shape index (κ1) is 12.2. The van der Waals surface area contributed by atoms with Crippen LogP contribution in [0.25, 0.3) is 0 Å². The van der Waals surface area contributed by atoms with Crippen LogP contribution in [-0.2, 0) is 0 Å². The second-order valence-electron chi connectivity index (χ2n) is 4.89. The molecule has 16 heavy (non-hydrogen) atoms. The molecule has 0 bridgehead atoms. The molecule has 2 rings (SSSR count). The van der Waals surface area contributed by atoms with Crippen LogP contribution in [0.15, 0.2) is 24.3 Å². The zero-order chi connectivity index (χ0) is 11.4. The van der Waals surface area contributed by atoms with Gasteiger partial charge in [0.25, 0.3) is 0 Å². The molecule has 1 aromatic carbocycles. The third-order valence-corrected chi connectivity index (χ3v) is 6.01. The first-order valence-electron chi connectivity index (χ1n) is 6.10. The molecule has 1 N–H and O–H groups in total. The summed E-state index contributed by atoms with van der Waals surface area (Å²) >= 11 is 0.430. The van der Waals surface area contributed by atoms with E-state index in [0.717, 1.165) is 18.2 Å². The van der Waals surface area contributed by atoms with Gasteiger partial charge < -0.3 is 0 Å². The van der Waals surface area contributed by atoms with Gasteiger partial charge in [-0.25, -0.2) is 0 Å². The molecule has 1 aliphatic rings. The zero-order valence-electron chi connectivity index (χ0n) is 9.91. The normalized spacial score (nSPS) is 19.6. The Labute approximate surface area is 104 Å². The van der Waals surface area contributed by atoms with Gasteiger partial charge in [-0.05, 0) is 0 Å². The van der Waals surface area contributed by atoms with Gasteiger partial charge in [-0.1, -0.05) is 0 Å². The zero-order valence-corrected chi connectivity index (χ0v) is 11.6. The van der Waals surface area contributed by atoms with Gasteiger partial charge in [0, 0.05) is 0 Å². The van der Waals surface area contributed by atoms with E-state index in [0.29, 0.717) is 15.0 Å². The van der Waals surface area contributed by atoms with Gasteiger partial charge in [-0.3, -0.25) is 0 Å². The summed E-state index contributed by atoms with van der Waals surface area (Å²) in [7, 11) is 0. The monoisotopic (exact) mass is 284 g/mol. The average molecular weight is 283 g/mol. The van der Waals surface area contributed by atoms with Crippen LogP contribution < -0.4 is 4.46 Å². The summed E-state index contributed by atoms with van der Waals surface area (Å²) in [5.74, 6) is 0. The number of hydrogen-bond acceptors (Lipinski definition) is 1. The molecule has 0 saturated heterocycles. The summed E-state index contributed by atoms with van der Waals surface area (Å²) in [5.41, 5.74) is 0.972. The maximum atomic E-state index is 10.4. The second-order valence-corrected chi connectivity index (χ2v) is 7.09. The van der Waals surface area contributed by atoms with Crippen LogP contribution in [0.5, 0.6) is 0 Å². The van der Waals surface area contributed by atoms with E-state index in [1.54, 1.807) is 0 Å². The number of aryl methyl sites for hydroxylation is 1.